The molecule has 86 valence electrons. The lowest BCUT2D eigenvalue weighted by Gasteiger charge is -2.42. The number of amides is 1. The standard InChI is InChI=1S/C10H18N2O3/c1-6(2)5-8(10(14)15)12-4-3-7(12)9(11)13/h6-8H,3-5H2,1-2H3,(H2,11,13)(H,14,15). The fourth-order valence-corrected chi connectivity index (χ4v) is 1.91. The van der Waals surface area contributed by atoms with E-state index >= 15 is 0 Å². The van der Waals surface area contributed by atoms with Gasteiger partial charge in [0.2, 0.25) is 5.91 Å². The SMILES string of the molecule is CC(C)CC(C(=O)O)N1CCC1C(N)=O. The molecule has 0 aromatic heterocycles. The molecule has 3 N–H and O–H groups in total. The quantitative estimate of drug-likeness (QED) is 0.677. The van der Waals surface area contributed by atoms with E-state index in [1.807, 2.05) is 13.8 Å². The first-order chi connectivity index (χ1) is 6.93. The molecule has 0 aliphatic carbocycles. The highest BCUT2D eigenvalue weighted by atomic mass is 16.4. The number of carbonyl (C=O) groups is 2. The van der Waals surface area contributed by atoms with Gasteiger partial charge in [-0.25, -0.2) is 0 Å². The number of hydrogen-bond acceptors (Lipinski definition) is 3. The highest BCUT2D eigenvalue weighted by molar-refractivity contribution is 5.82. The van der Waals surface area contributed by atoms with Gasteiger partial charge in [0.1, 0.15) is 6.04 Å². The second-order valence-corrected chi connectivity index (χ2v) is 4.43. The van der Waals surface area contributed by atoms with E-state index in [0.29, 0.717) is 25.3 Å². The lowest BCUT2D eigenvalue weighted by Crippen LogP contribution is -2.61. The Bertz CT molecular complexity index is 265. The second-order valence-electron chi connectivity index (χ2n) is 4.43. The molecule has 0 spiro atoms. The number of rotatable bonds is 5. The van der Waals surface area contributed by atoms with Crippen molar-refractivity contribution in [3.05, 3.63) is 0 Å². The summed E-state index contributed by atoms with van der Waals surface area (Å²) in [6.45, 7) is 4.58. The largest absolute Gasteiger partial charge is 0.480 e. The van der Waals surface area contributed by atoms with Gasteiger partial charge < -0.3 is 10.8 Å². The number of primary amides is 1. The zero-order chi connectivity index (χ0) is 11.6. The number of likely N-dealkylation sites (tertiary alicyclic amines) is 1. The molecule has 1 aliphatic rings. The van der Waals surface area contributed by atoms with Crippen molar-refractivity contribution in [2.75, 3.05) is 6.54 Å². The number of hydrogen-bond donors (Lipinski definition) is 2. The highest BCUT2D eigenvalue weighted by Crippen LogP contribution is 2.24. The summed E-state index contributed by atoms with van der Waals surface area (Å²) in [7, 11) is 0. The van der Waals surface area contributed by atoms with Crippen LogP contribution >= 0.6 is 0 Å². The van der Waals surface area contributed by atoms with Gasteiger partial charge in [-0.15, -0.1) is 0 Å². The molecule has 0 aromatic carbocycles. The summed E-state index contributed by atoms with van der Waals surface area (Å²) >= 11 is 0. The van der Waals surface area contributed by atoms with E-state index in [9.17, 15) is 9.59 Å². The first-order valence-electron chi connectivity index (χ1n) is 5.21. The zero-order valence-electron chi connectivity index (χ0n) is 9.14. The maximum atomic E-state index is 11.0. The van der Waals surface area contributed by atoms with Crippen LogP contribution in [0.4, 0.5) is 0 Å². The number of carboxylic acid groups (broad SMARTS) is 1. The van der Waals surface area contributed by atoms with Gasteiger partial charge in [-0.2, -0.15) is 0 Å². The van der Waals surface area contributed by atoms with Crippen molar-refractivity contribution in [1.82, 2.24) is 4.90 Å². The molecule has 0 radical (unpaired) electrons. The Morgan fingerprint density at radius 1 is 1.53 bits per heavy atom. The van der Waals surface area contributed by atoms with Gasteiger partial charge in [-0.1, -0.05) is 13.8 Å². The van der Waals surface area contributed by atoms with Crippen LogP contribution in [0.25, 0.3) is 0 Å². The van der Waals surface area contributed by atoms with E-state index in [4.69, 9.17) is 10.8 Å². The van der Waals surface area contributed by atoms with Gasteiger partial charge in [-0.3, -0.25) is 14.5 Å². The fraction of sp³-hybridized carbons (Fsp3) is 0.800. The first-order valence-corrected chi connectivity index (χ1v) is 5.21. The van der Waals surface area contributed by atoms with Crippen LogP contribution in [0.1, 0.15) is 26.7 Å². The molecular weight excluding hydrogens is 196 g/mol. The minimum atomic E-state index is -0.866. The Morgan fingerprint density at radius 3 is 2.40 bits per heavy atom. The monoisotopic (exact) mass is 214 g/mol. The van der Waals surface area contributed by atoms with Crippen molar-refractivity contribution in [2.24, 2.45) is 11.7 Å². The number of carboxylic acids is 1. The minimum Gasteiger partial charge on any atom is -0.480 e. The van der Waals surface area contributed by atoms with Gasteiger partial charge in [0.05, 0.1) is 6.04 Å². The molecular formula is C10H18N2O3. The van der Waals surface area contributed by atoms with E-state index in [1.54, 1.807) is 4.90 Å². The number of nitrogens with two attached hydrogens (primary N) is 1. The number of aliphatic carboxylic acids is 1. The lowest BCUT2D eigenvalue weighted by molar-refractivity contribution is -0.150. The molecule has 5 nitrogen and oxygen atoms in total. The van der Waals surface area contributed by atoms with E-state index in [1.165, 1.54) is 0 Å². The average molecular weight is 214 g/mol. The summed E-state index contributed by atoms with van der Waals surface area (Å²) < 4.78 is 0. The summed E-state index contributed by atoms with van der Waals surface area (Å²) in [4.78, 5) is 23.7. The predicted octanol–water partition coefficient (Wildman–Crippen LogP) is 0.0453. The summed E-state index contributed by atoms with van der Waals surface area (Å²) in [6.07, 6.45) is 1.23. The van der Waals surface area contributed by atoms with Crippen molar-refractivity contribution in [3.8, 4) is 0 Å². The molecule has 0 saturated carbocycles. The van der Waals surface area contributed by atoms with Gasteiger partial charge >= 0.3 is 5.97 Å². The zero-order valence-corrected chi connectivity index (χ0v) is 9.14. The van der Waals surface area contributed by atoms with Gasteiger partial charge in [0.15, 0.2) is 0 Å². The average Bonchev–Trinajstić information content (AvgIpc) is 1.98. The molecule has 1 aliphatic heterocycles. The van der Waals surface area contributed by atoms with Crippen LogP contribution < -0.4 is 5.73 Å². The van der Waals surface area contributed by atoms with Crippen LogP contribution in [0, 0.1) is 5.92 Å². The molecule has 0 bridgehead atoms. The Hall–Kier alpha value is -1.10. The Morgan fingerprint density at radius 2 is 2.13 bits per heavy atom. The molecule has 1 amide bonds. The van der Waals surface area contributed by atoms with Gasteiger partial charge in [-0.05, 0) is 18.8 Å². The second kappa shape index (κ2) is 4.61. The third-order valence-corrected chi connectivity index (χ3v) is 2.77. The van der Waals surface area contributed by atoms with Crippen LogP contribution in [0.2, 0.25) is 0 Å². The number of carbonyl (C=O) groups excluding carboxylic acids is 1. The van der Waals surface area contributed by atoms with Crippen LogP contribution in [-0.4, -0.2) is 40.5 Å². The molecule has 1 rings (SSSR count). The molecule has 1 fully saturated rings. The molecule has 2 unspecified atom stereocenters. The van der Waals surface area contributed by atoms with Gasteiger partial charge in [0, 0.05) is 6.54 Å². The molecule has 2 atom stereocenters. The van der Waals surface area contributed by atoms with Crippen molar-refractivity contribution in [2.45, 2.75) is 38.8 Å². The third-order valence-electron chi connectivity index (χ3n) is 2.77. The first kappa shape index (κ1) is 12.0. The Balaban J connectivity index is 2.64. The molecule has 5 heteroatoms. The minimum absolute atomic E-state index is 0.292. The lowest BCUT2D eigenvalue weighted by atomic mass is 9.94. The Kier molecular flexibility index (Phi) is 3.68. The van der Waals surface area contributed by atoms with Crippen LogP contribution in [0.5, 0.6) is 0 Å². The maximum absolute atomic E-state index is 11.0. The van der Waals surface area contributed by atoms with Crippen molar-refractivity contribution >= 4 is 11.9 Å². The summed E-state index contributed by atoms with van der Waals surface area (Å²) in [6, 6.07) is -0.957. The molecule has 15 heavy (non-hydrogen) atoms. The normalized spacial score (nSPS) is 23.5. The van der Waals surface area contributed by atoms with Crippen molar-refractivity contribution in [1.29, 1.82) is 0 Å². The summed E-state index contributed by atoms with van der Waals surface area (Å²) in [5.41, 5.74) is 5.18. The molecule has 1 heterocycles. The smallest absolute Gasteiger partial charge is 0.320 e. The summed E-state index contributed by atoms with van der Waals surface area (Å²) in [5, 5.41) is 9.06. The van der Waals surface area contributed by atoms with E-state index in [-0.39, 0.29) is 6.04 Å². The number of nitrogens with zero attached hydrogens (tertiary/aromatic N) is 1. The van der Waals surface area contributed by atoms with Crippen LogP contribution in [-0.2, 0) is 9.59 Å². The van der Waals surface area contributed by atoms with E-state index < -0.39 is 17.9 Å². The molecule has 1 saturated heterocycles. The van der Waals surface area contributed by atoms with Crippen molar-refractivity contribution < 1.29 is 14.7 Å². The van der Waals surface area contributed by atoms with Crippen LogP contribution in [0.15, 0.2) is 0 Å². The van der Waals surface area contributed by atoms with E-state index in [2.05, 4.69) is 0 Å². The van der Waals surface area contributed by atoms with Crippen molar-refractivity contribution in [3.63, 3.8) is 0 Å². The Labute approximate surface area is 89.2 Å². The maximum Gasteiger partial charge on any atom is 0.320 e. The fourth-order valence-electron chi connectivity index (χ4n) is 1.91. The van der Waals surface area contributed by atoms with E-state index in [0.717, 1.165) is 0 Å². The van der Waals surface area contributed by atoms with Crippen LogP contribution in [0.3, 0.4) is 0 Å². The third kappa shape index (κ3) is 2.68. The highest BCUT2D eigenvalue weighted by Gasteiger charge is 2.40. The predicted molar refractivity (Wildman–Crippen MR) is 55.2 cm³/mol. The topological polar surface area (TPSA) is 83.6 Å². The summed E-state index contributed by atoms with van der Waals surface area (Å²) in [5.74, 6) is -0.994. The molecule has 0 aromatic rings. The van der Waals surface area contributed by atoms with Gasteiger partial charge in [0.25, 0.3) is 0 Å².